The predicted molar refractivity (Wildman–Crippen MR) is 72.7 cm³/mol. The second kappa shape index (κ2) is 5.25. The van der Waals surface area contributed by atoms with Gasteiger partial charge in [-0.15, -0.1) is 0 Å². The number of hydrogen-bond acceptors (Lipinski definition) is 3. The van der Waals surface area contributed by atoms with Crippen molar-refractivity contribution in [1.82, 2.24) is 4.98 Å². The maximum Gasteiger partial charge on any atom is 0.125 e. The van der Waals surface area contributed by atoms with Crippen LogP contribution in [0, 0.1) is 5.41 Å². The van der Waals surface area contributed by atoms with Gasteiger partial charge in [0.1, 0.15) is 10.8 Å². The molecule has 3 nitrogen and oxygen atoms in total. The Morgan fingerprint density at radius 2 is 2.12 bits per heavy atom. The van der Waals surface area contributed by atoms with Crippen LogP contribution in [-0.4, -0.2) is 16.5 Å². The lowest BCUT2D eigenvalue weighted by atomic mass is 9.92. The van der Waals surface area contributed by atoms with Crippen molar-refractivity contribution in [2.24, 2.45) is 11.1 Å². The van der Waals surface area contributed by atoms with E-state index < -0.39 is 0 Å². The monoisotopic (exact) mass is 237 g/mol. The van der Waals surface area contributed by atoms with Crippen LogP contribution in [-0.2, 0) is 0 Å². The minimum Gasteiger partial charge on any atom is -0.389 e. The van der Waals surface area contributed by atoms with Crippen LogP contribution in [0.5, 0.6) is 0 Å². The van der Waals surface area contributed by atoms with Crippen LogP contribution >= 0.6 is 12.2 Å². The number of rotatable bonds is 4. The SMILES string of the molecule is CC(C)(C)CCNc1ccc(C(N)=S)cn1. The second-order valence-corrected chi connectivity index (χ2v) is 5.47. The Morgan fingerprint density at radius 1 is 1.44 bits per heavy atom. The average Bonchev–Trinajstić information content (AvgIpc) is 2.16. The van der Waals surface area contributed by atoms with Crippen molar-refractivity contribution in [1.29, 1.82) is 0 Å². The Hall–Kier alpha value is -1.16. The zero-order chi connectivity index (χ0) is 12.2. The third kappa shape index (κ3) is 4.57. The predicted octanol–water partition coefficient (Wildman–Crippen LogP) is 2.56. The molecule has 0 spiro atoms. The van der Waals surface area contributed by atoms with E-state index in [2.05, 4.69) is 31.1 Å². The molecule has 1 aromatic rings. The van der Waals surface area contributed by atoms with Gasteiger partial charge in [0.2, 0.25) is 0 Å². The summed E-state index contributed by atoms with van der Waals surface area (Å²) in [5, 5.41) is 3.27. The molecule has 0 aliphatic rings. The van der Waals surface area contributed by atoms with E-state index in [1.165, 1.54) is 0 Å². The summed E-state index contributed by atoms with van der Waals surface area (Å²) in [6.07, 6.45) is 2.80. The minimum absolute atomic E-state index is 0.339. The first kappa shape index (κ1) is 12.9. The number of anilines is 1. The van der Waals surface area contributed by atoms with E-state index in [4.69, 9.17) is 18.0 Å². The molecule has 0 aliphatic heterocycles. The van der Waals surface area contributed by atoms with Crippen LogP contribution in [0.3, 0.4) is 0 Å². The van der Waals surface area contributed by atoms with Crippen LogP contribution in [0.15, 0.2) is 18.3 Å². The van der Waals surface area contributed by atoms with Gasteiger partial charge in [-0.05, 0) is 24.0 Å². The lowest BCUT2D eigenvalue weighted by Crippen LogP contribution is -2.14. The number of nitrogens with one attached hydrogen (secondary N) is 1. The number of thiocarbonyl (C=S) groups is 1. The van der Waals surface area contributed by atoms with E-state index in [9.17, 15) is 0 Å². The highest BCUT2D eigenvalue weighted by atomic mass is 32.1. The van der Waals surface area contributed by atoms with Crippen molar-refractivity contribution in [2.45, 2.75) is 27.2 Å². The Kier molecular flexibility index (Phi) is 4.24. The fraction of sp³-hybridized carbons (Fsp3) is 0.500. The van der Waals surface area contributed by atoms with Crippen LogP contribution in [0.25, 0.3) is 0 Å². The smallest absolute Gasteiger partial charge is 0.125 e. The lowest BCUT2D eigenvalue weighted by molar-refractivity contribution is 0.389. The molecule has 0 amide bonds. The summed E-state index contributed by atoms with van der Waals surface area (Å²) in [7, 11) is 0. The number of pyridine rings is 1. The third-order valence-electron chi connectivity index (χ3n) is 2.23. The van der Waals surface area contributed by atoms with Crippen LogP contribution in [0.4, 0.5) is 5.82 Å². The molecule has 0 aliphatic carbocycles. The van der Waals surface area contributed by atoms with Gasteiger partial charge in [0.25, 0.3) is 0 Å². The first-order chi connectivity index (χ1) is 7.38. The van der Waals surface area contributed by atoms with E-state index in [0.717, 1.165) is 24.3 Å². The van der Waals surface area contributed by atoms with Gasteiger partial charge in [-0.3, -0.25) is 0 Å². The Bertz CT molecular complexity index is 352. The van der Waals surface area contributed by atoms with Gasteiger partial charge in [0.05, 0.1) is 0 Å². The molecule has 0 saturated heterocycles. The van der Waals surface area contributed by atoms with Crippen molar-refractivity contribution < 1.29 is 0 Å². The maximum absolute atomic E-state index is 5.49. The standard InChI is InChI=1S/C12H19N3S/c1-12(2,3)6-7-14-10-5-4-9(8-15-10)11(13)16/h4-5,8H,6-7H2,1-3H3,(H2,13,16)(H,14,15). The van der Waals surface area contributed by atoms with Crippen molar-refractivity contribution in [3.63, 3.8) is 0 Å². The van der Waals surface area contributed by atoms with E-state index >= 15 is 0 Å². The van der Waals surface area contributed by atoms with Crippen molar-refractivity contribution >= 4 is 23.0 Å². The quantitative estimate of drug-likeness (QED) is 0.790. The highest BCUT2D eigenvalue weighted by Crippen LogP contribution is 2.18. The van der Waals surface area contributed by atoms with Gasteiger partial charge in [-0.1, -0.05) is 33.0 Å². The molecular weight excluding hydrogens is 218 g/mol. The van der Waals surface area contributed by atoms with Gasteiger partial charge in [-0.2, -0.15) is 0 Å². The maximum atomic E-state index is 5.49. The fourth-order valence-corrected chi connectivity index (χ4v) is 1.33. The molecule has 1 rings (SSSR count). The molecule has 0 atom stereocenters. The molecule has 16 heavy (non-hydrogen) atoms. The highest BCUT2D eigenvalue weighted by molar-refractivity contribution is 7.80. The Morgan fingerprint density at radius 3 is 2.56 bits per heavy atom. The van der Waals surface area contributed by atoms with Gasteiger partial charge >= 0.3 is 0 Å². The van der Waals surface area contributed by atoms with Crippen LogP contribution < -0.4 is 11.1 Å². The largest absolute Gasteiger partial charge is 0.389 e. The van der Waals surface area contributed by atoms with Crippen molar-refractivity contribution in [3.05, 3.63) is 23.9 Å². The topological polar surface area (TPSA) is 50.9 Å². The van der Waals surface area contributed by atoms with Gasteiger partial charge in [-0.25, -0.2) is 4.98 Å². The normalized spacial score (nSPS) is 11.2. The number of nitrogens with two attached hydrogens (primary N) is 1. The molecule has 0 fully saturated rings. The molecule has 88 valence electrons. The molecule has 4 heteroatoms. The van der Waals surface area contributed by atoms with E-state index in [1.807, 2.05) is 12.1 Å². The number of nitrogens with zero attached hydrogens (tertiary/aromatic N) is 1. The molecular formula is C12H19N3S. The molecule has 0 unspecified atom stereocenters. The summed E-state index contributed by atoms with van der Waals surface area (Å²) >= 11 is 4.86. The van der Waals surface area contributed by atoms with E-state index in [1.54, 1.807) is 6.20 Å². The lowest BCUT2D eigenvalue weighted by Gasteiger charge is -2.18. The summed E-state index contributed by atoms with van der Waals surface area (Å²) in [4.78, 5) is 4.62. The van der Waals surface area contributed by atoms with Gasteiger partial charge < -0.3 is 11.1 Å². The Balaban J connectivity index is 2.47. The molecule has 0 aromatic carbocycles. The molecule has 0 bridgehead atoms. The van der Waals surface area contributed by atoms with Crippen molar-refractivity contribution in [2.75, 3.05) is 11.9 Å². The molecule has 0 radical (unpaired) electrons. The minimum atomic E-state index is 0.339. The average molecular weight is 237 g/mol. The molecule has 1 heterocycles. The van der Waals surface area contributed by atoms with E-state index in [0.29, 0.717) is 10.4 Å². The number of aromatic nitrogens is 1. The van der Waals surface area contributed by atoms with Crippen LogP contribution in [0.1, 0.15) is 32.8 Å². The molecule has 3 N–H and O–H groups in total. The summed E-state index contributed by atoms with van der Waals surface area (Å²) < 4.78 is 0. The third-order valence-corrected chi connectivity index (χ3v) is 2.46. The summed E-state index contributed by atoms with van der Waals surface area (Å²) in [6.45, 7) is 7.58. The highest BCUT2D eigenvalue weighted by Gasteiger charge is 2.09. The molecule has 1 aromatic heterocycles. The first-order valence-electron chi connectivity index (χ1n) is 5.38. The van der Waals surface area contributed by atoms with Crippen molar-refractivity contribution in [3.8, 4) is 0 Å². The first-order valence-corrected chi connectivity index (χ1v) is 5.79. The zero-order valence-corrected chi connectivity index (χ0v) is 10.9. The summed E-state index contributed by atoms with van der Waals surface area (Å²) in [5.74, 6) is 0.865. The van der Waals surface area contributed by atoms with E-state index in [-0.39, 0.29) is 0 Å². The van der Waals surface area contributed by atoms with Gasteiger partial charge in [0, 0.05) is 18.3 Å². The second-order valence-electron chi connectivity index (χ2n) is 5.03. The number of hydrogen-bond donors (Lipinski definition) is 2. The summed E-state index contributed by atoms with van der Waals surface area (Å²) in [6, 6.07) is 3.78. The molecule has 0 saturated carbocycles. The fourth-order valence-electron chi connectivity index (χ4n) is 1.21. The zero-order valence-electron chi connectivity index (χ0n) is 10.1. The van der Waals surface area contributed by atoms with Gasteiger partial charge in [0.15, 0.2) is 0 Å². The summed E-state index contributed by atoms with van der Waals surface area (Å²) in [5.41, 5.74) is 6.63. The van der Waals surface area contributed by atoms with Crippen LogP contribution in [0.2, 0.25) is 0 Å². The Labute approximate surface area is 102 Å².